The number of hydrogen-bond donors (Lipinski definition) is 3. The molecule has 2 aromatic rings. The number of nitrogens with one attached hydrogen (secondary N) is 2. The summed E-state index contributed by atoms with van der Waals surface area (Å²) in [5.74, 6) is 0.712. The van der Waals surface area contributed by atoms with E-state index >= 15 is 0 Å². The van der Waals surface area contributed by atoms with Crippen LogP contribution in [-0.4, -0.2) is 25.4 Å². The van der Waals surface area contributed by atoms with Crippen molar-refractivity contribution in [2.75, 3.05) is 24.9 Å². The summed E-state index contributed by atoms with van der Waals surface area (Å²) in [6.07, 6.45) is 0. The molecule has 0 aliphatic carbocycles. The van der Waals surface area contributed by atoms with Crippen LogP contribution in [0.2, 0.25) is 10.0 Å². The number of anilines is 2. The number of urea groups is 1. The van der Waals surface area contributed by atoms with E-state index in [-0.39, 0.29) is 21.5 Å². The number of amides is 2. The van der Waals surface area contributed by atoms with Gasteiger partial charge >= 0.3 is 6.03 Å². The Bertz CT molecular complexity index is 738. The van der Waals surface area contributed by atoms with Crippen LogP contribution in [0.5, 0.6) is 17.2 Å². The number of methoxy groups -OCH3 is 2. The first kappa shape index (κ1) is 17.1. The van der Waals surface area contributed by atoms with E-state index in [0.717, 1.165) is 0 Å². The lowest BCUT2D eigenvalue weighted by Gasteiger charge is -2.13. The van der Waals surface area contributed by atoms with Gasteiger partial charge in [0, 0.05) is 6.07 Å². The Kier molecular flexibility index (Phi) is 5.41. The maximum Gasteiger partial charge on any atom is 0.323 e. The van der Waals surface area contributed by atoms with Crippen LogP contribution in [0.15, 0.2) is 30.3 Å². The van der Waals surface area contributed by atoms with E-state index in [9.17, 15) is 9.90 Å². The zero-order valence-corrected chi connectivity index (χ0v) is 13.8. The van der Waals surface area contributed by atoms with E-state index in [2.05, 4.69) is 10.6 Å². The van der Waals surface area contributed by atoms with E-state index in [4.69, 9.17) is 32.7 Å². The average Bonchev–Trinajstić information content (AvgIpc) is 2.55. The largest absolute Gasteiger partial charge is 0.504 e. The molecule has 0 saturated heterocycles. The summed E-state index contributed by atoms with van der Waals surface area (Å²) in [4.78, 5) is 12.1. The van der Waals surface area contributed by atoms with Gasteiger partial charge in [0.15, 0.2) is 5.75 Å². The molecule has 0 spiro atoms. The summed E-state index contributed by atoms with van der Waals surface area (Å²) < 4.78 is 10.3. The third-order valence-corrected chi connectivity index (χ3v) is 3.77. The third kappa shape index (κ3) is 3.91. The first-order chi connectivity index (χ1) is 11.0. The predicted molar refractivity (Wildman–Crippen MR) is 90.3 cm³/mol. The van der Waals surface area contributed by atoms with Crippen LogP contribution in [0.25, 0.3) is 0 Å². The molecule has 0 radical (unpaired) electrons. The minimum Gasteiger partial charge on any atom is -0.504 e. The van der Waals surface area contributed by atoms with E-state index < -0.39 is 6.03 Å². The van der Waals surface area contributed by atoms with Gasteiger partial charge in [-0.1, -0.05) is 23.2 Å². The summed E-state index contributed by atoms with van der Waals surface area (Å²) in [5.41, 5.74) is 0.565. The van der Waals surface area contributed by atoms with Gasteiger partial charge in [-0.3, -0.25) is 0 Å². The van der Waals surface area contributed by atoms with Crippen molar-refractivity contribution in [2.24, 2.45) is 0 Å². The van der Waals surface area contributed by atoms with Gasteiger partial charge < -0.3 is 25.2 Å². The SMILES string of the molecule is COc1ccc(NC(=O)Nc2ccc(Cl)c(Cl)c2O)c(OC)c1. The molecule has 2 rings (SSSR count). The van der Waals surface area contributed by atoms with Gasteiger partial charge in [0.1, 0.15) is 16.5 Å². The van der Waals surface area contributed by atoms with Crippen LogP contribution in [0, 0.1) is 0 Å². The Balaban J connectivity index is 2.16. The lowest BCUT2D eigenvalue weighted by Crippen LogP contribution is -2.20. The molecule has 3 N–H and O–H groups in total. The van der Waals surface area contributed by atoms with Crippen molar-refractivity contribution in [3.63, 3.8) is 0 Å². The molecule has 0 heterocycles. The van der Waals surface area contributed by atoms with Crippen LogP contribution in [0.3, 0.4) is 0 Å². The van der Waals surface area contributed by atoms with Gasteiger partial charge in [-0.05, 0) is 24.3 Å². The molecule has 8 heteroatoms. The maximum atomic E-state index is 12.1. The molecule has 0 fully saturated rings. The van der Waals surface area contributed by atoms with Gasteiger partial charge in [-0.2, -0.15) is 0 Å². The molecular weight excluding hydrogens is 343 g/mol. The number of ether oxygens (including phenoxy) is 2. The molecule has 0 aliphatic rings. The Hall–Kier alpha value is -2.31. The molecule has 6 nitrogen and oxygen atoms in total. The van der Waals surface area contributed by atoms with Gasteiger partial charge in [-0.15, -0.1) is 0 Å². The molecular formula is C15H14Cl2N2O4. The summed E-state index contributed by atoms with van der Waals surface area (Å²) in [6.45, 7) is 0. The Morgan fingerprint density at radius 1 is 1.04 bits per heavy atom. The Morgan fingerprint density at radius 2 is 1.70 bits per heavy atom. The summed E-state index contributed by atoms with van der Waals surface area (Å²) in [5, 5.41) is 15.1. The second kappa shape index (κ2) is 7.30. The highest BCUT2D eigenvalue weighted by atomic mass is 35.5. The number of rotatable bonds is 4. The number of aromatic hydroxyl groups is 1. The van der Waals surface area contributed by atoms with Crippen LogP contribution in [0.1, 0.15) is 0 Å². The van der Waals surface area contributed by atoms with Crippen LogP contribution < -0.4 is 20.1 Å². The topological polar surface area (TPSA) is 79.8 Å². The van der Waals surface area contributed by atoms with Crippen molar-refractivity contribution in [1.82, 2.24) is 0 Å². The van der Waals surface area contributed by atoms with Crippen LogP contribution in [0.4, 0.5) is 16.2 Å². The molecule has 2 amide bonds. The molecule has 0 atom stereocenters. The first-order valence-corrected chi connectivity index (χ1v) is 7.19. The van der Waals surface area contributed by atoms with Crippen molar-refractivity contribution < 1.29 is 19.4 Å². The highest BCUT2D eigenvalue weighted by Gasteiger charge is 2.13. The number of phenolic OH excluding ortho intramolecular Hbond substituents is 1. The summed E-state index contributed by atoms with van der Waals surface area (Å²) >= 11 is 11.6. The van der Waals surface area contributed by atoms with E-state index in [1.54, 1.807) is 18.2 Å². The smallest absolute Gasteiger partial charge is 0.323 e. The average molecular weight is 357 g/mol. The zero-order chi connectivity index (χ0) is 17.0. The molecule has 122 valence electrons. The standard InChI is InChI=1S/C15H14Cl2N2O4/c1-22-8-3-5-10(12(7-8)23-2)18-15(21)19-11-6-4-9(16)13(17)14(11)20/h3-7,20H,1-2H3,(H2,18,19,21). The number of benzene rings is 2. The fourth-order valence-electron chi connectivity index (χ4n) is 1.82. The minimum absolute atomic E-state index is 0.0357. The number of carbonyl (C=O) groups is 1. The molecule has 0 bridgehead atoms. The first-order valence-electron chi connectivity index (χ1n) is 6.43. The summed E-state index contributed by atoms with van der Waals surface area (Å²) in [6, 6.07) is 7.26. The normalized spacial score (nSPS) is 10.1. The van der Waals surface area contributed by atoms with Gasteiger partial charge in [0.2, 0.25) is 0 Å². The monoisotopic (exact) mass is 356 g/mol. The Morgan fingerprint density at radius 3 is 2.35 bits per heavy atom. The second-order valence-corrected chi connectivity index (χ2v) is 5.19. The Labute approximate surface area is 142 Å². The third-order valence-electron chi connectivity index (χ3n) is 2.97. The summed E-state index contributed by atoms with van der Waals surface area (Å²) in [7, 11) is 3.00. The lowest BCUT2D eigenvalue weighted by molar-refractivity contribution is 0.262. The van der Waals surface area contributed by atoms with Gasteiger partial charge in [0.25, 0.3) is 0 Å². The van der Waals surface area contributed by atoms with Crippen molar-refractivity contribution in [3.05, 3.63) is 40.4 Å². The number of halogens is 2. The van der Waals surface area contributed by atoms with E-state index in [0.29, 0.717) is 17.2 Å². The fourth-order valence-corrected chi connectivity index (χ4v) is 2.14. The quantitative estimate of drug-likeness (QED) is 0.711. The highest BCUT2D eigenvalue weighted by molar-refractivity contribution is 6.43. The van der Waals surface area contributed by atoms with Crippen LogP contribution in [-0.2, 0) is 0 Å². The van der Waals surface area contributed by atoms with Crippen molar-refractivity contribution >= 4 is 40.6 Å². The minimum atomic E-state index is -0.581. The van der Waals surface area contributed by atoms with Crippen molar-refractivity contribution in [1.29, 1.82) is 0 Å². The molecule has 0 aliphatic heterocycles. The number of hydrogen-bond acceptors (Lipinski definition) is 4. The number of phenols is 1. The molecule has 0 aromatic heterocycles. The van der Waals surface area contributed by atoms with Crippen molar-refractivity contribution in [2.45, 2.75) is 0 Å². The van der Waals surface area contributed by atoms with Gasteiger partial charge in [-0.25, -0.2) is 4.79 Å². The molecule has 0 saturated carbocycles. The predicted octanol–water partition coefficient (Wildman–Crippen LogP) is 4.36. The lowest BCUT2D eigenvalue weighted by atomic mass is 10.2. The molecule has 0 unspecified atom stereocenters. The fraction of sp³-hybridized carbons (Fsp3) is 0.133. The molecule has 2 aromatic carbocycles. The zero-order valence-electron chi connectivity index (χ0n) is 12.3. The maximum absolute atomic E-state index is 12.1. The van der Waals surface area contributed by atoms with Gasteiger partial charge in [0.05, 0.1) is 30.6 Å². The van der Waals surface area contributed by atoms with Crippen molar-refractivity contribution in [3.8, 4) is 17.2 Å². The highest BCUT2D eigenvalue weighted by Crippen LogP contribution is 2.37. The second-order valence-electron chi connectivity index (χ2n) is 4.40. The van der Waals surface area contributed by atoms with E-state index in [1.807, 2.05) is 0 Å². The molecule has 23 heavy (non-hydrogen) atoms. The number of carbonyl (C=O) groups excluding carboxylic acids is 1. The van der Waals surface area contributed by atoms with Crippen LogP contribution >= 0.6 is 23.2 Å². The van der Waals surface area contributed by atoms with E-state index in [1.165, 1.54) is 26.4 Å².